The van der Waals surface area contributed by atoms with Crippen LogP contribution in [0.5, 0.6) is 0 Å². The summed E-state index contributed by atoms with van der Waals surface area (Å²) in [6.07, 6.45) is 6.08. The number of ether oxygens (including phenoxy) is 3. The van der Waals surface area contributed by atoms with Crippen molar-refractivity contribution in [2.75, 3.05) is 13.9 Å². The van der Waals surface area contributed by atoms with E-state index in [0.29, 0.717) is 35.3 Å². The molecular formula is C24H32ClNO3. The molecule has 29 heavy (non-hydrogen) atoms. The van der Waals surface area contributed by atoms with Gasteiger partial charge in [0.05, 0.1) is 5.76 Å². The van der Waals surface area contributed by atoms with Crippen LogP contribution in [0.25, 0.3) is 0 Å². The normalized spacial score (nSPS) is 27.1. The number of rotatable bonds is 8. The van der Waals surface area contributed by atoms with Crippen molar-refractivity contribution in [2.45, 2.75) is 46.3 Å². The Labute approximate surface area is 179 Å². The van der Waals surface area contributed by atoms with Gasteiger partial charge in [-0.2, -0.15) is 0 Å². The molecule has 1 heterocycles. The van der Waals surface area contributed by atoms with Crippen molar-refractivity contribution in [1.29, 1.82) is 0 Å². The number of hydrogen-bond donors (Lipinski definition) is 1. The summed E-state index contributed by atoms with van der Waals surface area (Å²) in [6.45, 7) is 7.69. The van der Waals surface area contributed by atoms with E-state index < -0.39 is 0 Å². The van der Waals surface area contributed by atoms with Gasteiger partial charge in [-0.3, -0.25) is 0 Å². The van der Waals surface area contributed by atoms with Gasteiger partial charge in [0.25, 0.3) is 0 Å². The standard InChI is InChI=1S/C24H32ClNO3/c1-16-12-23(28-14-19-8-6-5-7-9-19)18(3)17(2)21(16)13-20-10-11-22(24(25)26-20)29-15-27-4/h5-11,16-17,20-21,26H,12-15H2,1-4H3. The predicted molar refractivity (Wildman–Crippen MR) is 117 cm³/mol. The molecule has 2 aliphatic rings. The van der Waals surface area contributed by atoms with Gasteiger partial charge in [-0.05, 0) is 48.3 Å². The van der Waals surface area contributed by atoms with E-state index in [1.807, 2.05) is 12.1 Å². The summed E-state index contributed by atoms with van der Waals surface area (Å²) in [6, 6.07) is 10.6. The molecule has 0 saturated heterocycles. The lowest BCUT2D eigenvalue weighted by Gasteiger charge is -2.39. The third-order valence-electron chi connectivity index (χ3n) is 6.13. The molecule has 4 nitrogen and oxygen atoms in total. The molecule has 4 atom stereocenters. The zero-order valence-electron chi connectivity index (χ0n) is 17.8. The number of dihydropyridines is 1. The lowest BCUT2D eigenvalue weighted by molar-refractivity contribution is 0.00859. The smallest absolute Gasteiger partial charge is 0.188 e. The minimum absolute atomic E-state index is 0.189. The van der Waals surface area contributed by atoms with Crippen LogP contribution in [-0.2, 0) is 20.8 Å². The molecule has 1 aromatic rings. The maximum absolute atomic E-state index is 6.36. The second-order valence-electron chi connectivity index (χ2n) is 8.09. The Morgan fingerprint density at radius 3 is 2.59 bits per heavy atom. The molecule has 1 N–H and O–H groups in total. The highest BCUT2D eigenvalue weighted by Crippen LogP contribution is 2.42. The lowest BCUT2D eigenvalue weighted by atomic mass is 9.70. The van der Waals surface area contributed by atoms with Gasteiger partial charge in [0.1, 0.15) is 11.8 Å². The van der Waals surface area contributed by atoms with E-state index in [1.165, 1.54) is 11.1 Å². The van der Waals surface area contributed by atoms with Gasteiger partial charge < -0.3 is 19.5 Å². The van der Waals surface area contributed by atoms with Crippen LogP contribution in [0.2, 0.25) is 0 Å². The highest BCUT2D eigenvalue weighted by molar-refractivity contribution is 6.29. The highest BCUT2D eigenvalue weighted by atomic mass is 35.5. The zero-order chi connectivity index (χ0) is 20.8. The Kier molecular flexibility index (Phi) is 7.68. The molecule has 0 amide bonds. The molecule has 0 radical (unpaired) electrons. The van der Waals surface area contributed by atoms with Gasteiger partial charge in [0, 0.05) is 19.6 Å². The van der Waals surface area contributed by atoms with Crippen LogP contribution >= 0.6 is 11.6 Å². The molecule has 0 bridgehead atoms. The molecule has 1 aromatic carbocycles. The monoisotopic (exact) mass is 417 g/mol. The lowest BCUT2D eigenvalue weighted by Crippen LogP contribution is -2.36. The predicted octanol–water partition coefficient (Wildman–Crippen LogP) is 5.72. The first-order chi connectivity index (χ1) is 14.0. The summed E-state index contributed by atoms with van der Waals surface area (Å²) in [7, 11) is 1.59. The quantitative estimate of drug-likeness (QED) is 0.434. The average molecular weight is 418 g/mol. The third-order valence-corrected chi connectivity index (χ3v) is 6.42. The summed E-state index contributed by atoms with van der Waals surface area (Å²) in [5.41, 5.74) is 2.58. The van der Waals surface area contributed by atoms with Crippen LogP contribution in [0.15, 0.2) is 64.7 Å². The van der Waals surface area contributed by atoms with E-state index in [9.17, 15) is 0 Å². The minimum Gasteiger partial charge on any atom is -0.493 e. The first-order valence-corrected chi connectivity index (χ1v) is 10.7. The first kappa shape index (κ1) is 21.8. The maximum Gasteiger partial charge on any atom is 0.188 e. The average Bonchev–Trinajstić information content (AvgIpc) is 2.73. The van der Waals surface area contributed by atoms with Crippen molar-refractivity contribution in [3.63, 3.8) is 0 Å². The van der Waals surface area contributed by atoms with Crippen LogP contribution in [0.3, 0.4) is 0 Å². The van der Waals surface area contributed by atoms with Gasteiger partial charge in [-0.15, -0.1) is 0 Å². The van der Waals surface area contributed by atoms with E-state index in [2.05, 4.69) is 56.4 Å². The van der Waals surface area contributed by atoms with Crippen molar-refractivity contribution < 1.29 is 14.2 Å². The molecule has 0 fully saturated rings. The fraction of sp³-hybridized carbons (Fsp3) is 0.500. The number of hydrogen-bond acceptors (Lipinski definition) is 4. The number of allylic oxidation sites excluding steroid dienone is 3. The van der Waals surface area contributed by atoms with Crippen molar-refractivity contribution >= 4 is 11.6 Å². The van der Waals surface area contributed by atoms with Gasteiger partial charge in [-0.25, -0.2) is 0 Å². The summed E-state index contributed by atoms with van der Waals surface area (Å²) in [4.78, 5) is 0. The number of halogens is 1. The third kappa shape index (κ3) is 5.58. The zero-order valence-corrected chi connectivity index (χ0v) is 18.5. The van der Waals surface area contributed by atoms with Crippen LogP contribution < -0.4 is 5.32 Å². The number of nitrogens with one attached hydrogen (secondary N) is 1. The van der Waals surface area contributed by atoms with Crippen molar-refractivity contribution in [2.24, 2.45) is 17.8 Å². The highest BCUT2D eigenvalue weighted by Gasteiger charge is 2.34. The molecule has 4 unspecified atom stereocenters. The second kappa shape index (κ2) is 10.2. The molecule has 158 valence electrons. The Hall–Kier alpha value is -1.91. The fourth-order valence-corrected chi connectivity index (χ4v) is 4.51. The van der Waals surface area contributed by atoms with Crippen molar-refractivity contribution in [3.05, 3.63) is 70.3 Å². The Bertz CT molecular complexity index is 772. The summed E-state index contributed by atoms with van der Waals surface area (Å²) < 4.78 is 16.6. The molecule has 0 aromatic heterocycles. The van der Waals surface area contributed by atoms with E-state index in [-0.39, 0.29) is 12.8 Å². The largest absolute Gasteiger partial charge is 0.493 e. The van der Waals surface area contributed by atoms with Crippen molar-refractivity contribution in [1.82, 2.24) is 5.32 Å². The van der Waals surface area contributed by atoms with E-state index in [0.717, 1.165) is 18.6 Å². The van der Waals surface area contributed by atoms with Crippen LogP contribution in [-0.4, -0.2) is 19.9 Å². The first-order valence-electron chi connectivity index (χ1n) is 10.3. The van der Waals surface area contributed by atoms with Gasteiger partial charge in [0.2, 0.25) is 0 Å². The SMILES string of the molecule is COCOC1=C(Cl)NC(CC2C(C)CC(OCc3ccccc3)=C(C)C2C)C=C1. The van der Waals surface area contributed by atoms with Crippen molar-refractivity contribution in [3.8, 4) is 0 Å². The van der Waals surface area contributed by atoms with Gasteiger partial charge >= 0.3 is 0 Å². The summed E-state index contributed by atoms with van der Waals surface area (Å²) in [5, 5.41) is 3.91. The molecule has 1 aliphatic heterocycles. The van der Waals surface area contributed by atoms with Gasteiger partial charge in [-0.1, -0.05) is 61.9 Å². The van der Waals surface area contributed by atoms with E-state index in [1.54, 1.807) is 7.11 Å². The minimum atomic E-state index is 0.189. The topological polar surface area (TPSA) is 39.7 Å². The summed E-state index contributed by atoms with van der Waals surface area (Å²) >= 11 is 6.36. The molecule has 5 heteroatoms. The molecule has 3 rings (SSSR count). The fourth-order valence-electron chi connectivity index (χ4n) is 4.25. The molecule has 0 saturated carbocycles. The Balaban J connectivity index is 1.60. The molecular weight excluding hydrogens is 386 g/mol. The van der Waals surface area contributed by atoms with Crippen LogP contribution in [0.1, 0.15) is 39.2 Å². The molecule has 0 spiro atoms. The number of methoxy groups -OCH3 is 1. The van der Waals surface area contributed by atoms with E-state index in [4.69, 9.17) is 25.8 Å². The Morgan fingerprint density at radius 2 is 1.90 bits per heavy atom. The Morgan fingerprint density at radius 1 is 1.14 bits per heavy atom. The van der Waals surface area contributed by atoms with Crippen LogP contribution in [0, 0.1) is 17.8 Å². The summed E-state index contributed by atoms with van der Waals surface area (Å²) in [5.74, 6) is 3.36. The number of benzene rings is 1. The van der Waals surface area contributed by atoms with E-state index >= 15 is 0 Å². The second-order valence-corrected chi connectivity index (χ2v) is 8.47. The maximum atomic E-state index is 6.36. The van der Waals surface area contributed by atoms with Gasteiger partial charge in [0.15, 0.2) is 12.6 Å². The molecule has 1 aliphatic carbocycles. The van der Waals surface area contributed by atoms with Crippen LogP contribution in [0.4, 0.5) is 0 Å².